The highest BCUT2D eigenvalue weighted by atomic mass is 32.1. The number of hydrazine groups is 1. The summed E-state index contributed by atoms with van der Waals surface area (Å²) in [7, 11) is 0. The fourth-order valence-electron chi connectivity index (χ4n) is 2.34. The van der Waals surface area contributed by atoms with Crippen LogP contribution in [0.2, 0.25) is 0 Å². The molecule has 0 aromatic heterocycles. The summed E-state index contributed by atoms with van der Waals surface area (Å²) in [6, 6.07) is 6.33. The van der Waals surface area contributed by atoms with Crippen molar-refractivity contribution in [3.8, 4) is 5.75 Å². The summed E-state index contributed by atoms with van der Waals surface area (Å²) >= 11 is 5.10. The first kappa shape index (κ1) is 17.5. The molecular weight excluding hydrogens is 316 g/mol. The largest absolute Gasteiger partial charge is 0.507 e. The van der Waals surface area contributed by atoms with E-state index >= 15 is 0 Å². The van der Waals surface area contributed by atoms with Crippen LogP contribution < -0.4 is 21.1 Å². The van der Waals surface area contributed by atoms with E-state index in [1.54, 1.807) is 17.0 Å². The molecule has 0 saturated carbocycles. The topological polar surface area (TPSA) is 87.1 Å². The van der Waals surface area contributed by atoms with E-state index in [1.165, 1.54) is 12.1 Å². The van der Waals surface area contributed by atoms with Gasteiger partial charge in [0.15, 0.2) is 5.11 Å². The number of aromatic hydroxyl groups is 1. The molecule has 5 N–H and O–H groups in total. The molecule has 8 heteroatoms. The zero-order valence-corrected chi connectivity index (χ0v) is 13.7. The second-order valence-electron chi connectivity index (χ2n) is 5.32. The lowest BCUT2D eigenvalue weighted by Gasteiger charge is -2.23. The Labute approximate surface area is 141 Å². The molecule has 1 saturated heterocycles. The second kappa shape index (κ2) is 9.29. The predicted octanol–water partition coefficient (Wildman–Crippen LogP) is -1.19. The van der Waals surface area contributed by atoms with Crippen LogP contribution >= 0.6 is 12.2 Å². The third kappa shape index (κ3) is 6.01. The minimum Gasteiger partial charge on any atom is -0.507 e. The number of hydrogen-bond donors (Lipinski definition) is 5. The van der Waals surface area contributed by atoms with Gasteiger partial charge < -0.3 is 20.1 Å². The predicted molar refractivity (Wildman–Crippen MR) is 90.3 cm³/mol. The summed E-state index contributed by atoms with van der Waals surface area (Å²) in [5.74, 6) is -0.510. The van der Waals surface area contributed by atoms with Gasteiger partial charge in [0.1, 0.15) is 18.8 Å². The number of phenolic OH excluding ortho intramolecular Hbond substituents is 1. The number of thiocarbonyl (C=S) groups is 1. The van der Waals surface area contributed by atoms with Gasteiger partial charge in [0, 0.05) is 13.0 Å². The molecule has 1 aromatic carbocycles. The molecule has 23 heavy (non-hydrogen) atoms. The van der Waals surface area contributed by atoms with Gasteiger partial charge in [0.2, 0.25) is 0 Å². The standard InChI is InChI=1S/C15H22N4O3S/c20-13-5-2-1-4-12(13)14(21)17-18-15(23)16-6-3-7-19-8-10-22-11-9-19/h1-2,4-5,20H,3,6-11H2,(H,17,21)(H2,16,18,23)/p+1. The van der Waals surface area contributed by atoms with Gasteiger partial charge in [-0.05, 0) is 24.4 Å². The van der Waals surface area contributed by atoms with Gasteiger partial charge >= 0.3 is 0 Å². The van der Waals surface area contributed by atoms with E-state index in [1.807, 2.05) is 0 Å². The number of ether oxygens (including phenoxy) is 1. The Kier molecular flexibility index (Phi) is 7.05. The Hall–Kier alpha value is -1.90. The highest BCUT2D eigenvalue weighted by Crippen LogP contribution is 2.14. The van der Waals surface area contributed by atoms with E-state index in [0.717, 1.165) is 45.8 Å². The Bertz CT molecular complexity index is 535. The van der Waals surface area contributed by atoms with E-state index in [2.05, 4.69) is 16.2 Å². The van der Waals surface area contributed by atoms with Crippen LogP contribution in [-0.4, -0.2) is 55.5 Å². The highest BCUT2D eigenvalue weighted by Gasteiger charge is 2.13. The SMILES string of the molecule is O=C(NNC(=S)NCCC[NH+]1CCOCC1)c1ccccc1O. The Morgan fingerprint density at radius 1 is 1.26 bits per heavy atom. The molecule has 0 unspecified atom stereocenters. The average molecular weight is 339 g/mol. The van der Waals surface area contributed by atoms with E-state index in [9.17, 15) is 9.90 Å². The van der Waals surface area contributed by atoms with Crippen molar-refractivity contribution < 1.29 is 19.5 Å². The molecule has 0 atom stereocenters. The molecule has 1 aromatic rings. The normalized spacial score (nSPS) is 15.0. The van der Waals surface area contributed by atoms with Crippen molar-refractivity contribution in [2.75, 3.05) is 39.4 Å². The molecule has 7 nitrogen and oxygen atoms in total. The number of nitrogens with one attached hydrogen (secondary N) is 4. The molecule has 1 fully saturated rings. The summed E-state index contributed by atoms with van der Waals surface area (Å²) in [6.45, 7) is 5.59. The number of phenols is 1. The molecule has 0 aliphatic carbocycles. The van der Waals surface area contributed by atoms with Crippen molar-refractivity contribution in [2.24, 2.45) is 0 Å². The van der Waals surface area contributed by atoms with Crippen LogP contribution in [0.15, 0.2) is 24.3 Å². The minimum atomic E-state index is -0.440. The maximum absolute atomic E-state index is 11.9. The molecule has 1 amide bonds. The van der Waals surface area contributed by atoms with Gasteiger partial charge in [-0.2, -0.15) is 0 Å². The van der Waals surface area contributed by atoms with Gasteiger partial charge in [0.25, 0.3) is 5.91 Å². The highest BCUT2D eigenvalue weighted by molar-refractivity contribution is 7.80. The molecule has 0 bridgehead atoms. The lowest BCUT2D eigenvalue weighted by Crippen LogP contribution is -3.14. The number of amides is 1. The van der Waals surface area contributed by atoms with E-state index < -0.39 is 5.91 Å². The van der Waals surface area contributed by atoms with Crippen molar-refractivity contribution in [1.82, 2.24) is 16.2 Å². The maximum atomic E-state index is 11.9. The maximum Gasteiger partial charge on any atom is 0.273 e. The molecule has 2 rings (SSSR count). The number of para-hydroxylation sites is 1. The number of rotatable bonds is 5. The monoisotopic (exact) mass is 339 g/mol. The van der Waals surface area contributed by atoms with Crippen LogP contribution in [0.5, 0.6) is 5.75 Å². The van der Waals surface area contributed by atoms with Crippen LogP contribution in [0.3, 0.4) is 0 Å². The molecule has 1 aliphatic heterocycles. The Morgan fingerprint density at radius 2 is 2.00 bits per heavy atom. The molecule has 126 valence electrons. The lowest BCUT2D eigenvalue weighted by atomic mass is 10.2. The third-order valence-corrected chi connectivity index (χ3v) is 3.88. The van der Waals surface area contributed by atoms with Crippen LogP contribution in [0.25, 0.3) is 0 Å². The zero-order valence-electron chi connectivity index (χ0n) is 12.9. The second-order valence-corrected chi connectivity index (χ2v) is 5.73. The summed E-state index contributed by atoms with van der Waals surface area (Å²) in [6.07, 6.45) is 0.991. The first-order chi connectivity index (χ1) is 11.2. The first-order valence-corrected chi connectivity index (χ1v) is 8.11. The molecule has 1 aliphatic rings. The molecule has 1 heterocycles. The number of benzene rings is 1. The lowest BCUT2D eigenvalue weighted by molar-refractivity contribution is -0.908. The van der Waals surface area contributed by atoms with E-state index in [4.69, 9.17) is 17.0 Å². The van der Waals surface area contributed by atoms with E-state index in [-0.39, 0.29) is 11.3 Å². The number of carbonyl (C=O) groups is 1. The average Bonchev–Trinajstić information content (AvgIpc) is 2.58. The fraction of sp³-hybridized carbons (Fsp3) is 0.467. The van der Waals surface area contributed by atoms with Gasteiger partial charge in [-0.1, -0.05) is 12.1 Å². The van der Waals surface area contributed by atoms with Gasteiger partial charge in [-0.15, -0.1) is 0 Å². The Morgan fingerprint density at radius 3 is 2.74 bits per heavy atom. The summed E-state index contributed by atoms with van der Waals surface area (Å²) in [4.78, 5) is 13.4. The zero-order chi connectivity index (χ0) is 16.5. The third-order valence-electron chi connectivity index (χ3n) is 3.63. The molecule has 0 spiro atoms. The van der Waals surface area contributed by atoms with Crippen LogP contribution in [0, 0.1) is 0 Å². The van der Waals surface area contributed by atoms with Gasteiger partial charge in [0.05, 0.1) is 25.3 Å². The van der Waals surface area contributed by atoms with Crippen molar-refractivity contribution in [3.63, 3.8) is 0 Å². The van der Waals surface area contributed by atoms with Crippen molar-refractivity contribution >= 4 is 23.2 Å². The summed E-state index contributed by atoms with van der Waals surface area (Å²) < 4.78 is 5.32. The van der Waals surface area contributed by atoms with Crippen LogP contribution in [-0.2, 0) is 4.74 Å². The van der Waals surface area contributed by atoms with Gasteiger partial charge in [-0.3, -0.25) is 15.6 Å². The van der Waals surface area contributed by atoms with Crippen LogP contribution in [0.4, 0.5) is 0 Å². The fourth-order valence-corrected chi connectivity index (χ4v) is 2.49. The summed E-state index contributed by atoms with van der Waals surface area (Å²) in [5.41, 5.74) is 5.28. The number of hydrogen-bond acceptors (Lipinski definition) is 4. The Balaban J connectivity index is 1.59. The van der Waals surface area contributed by atoms with E-state index in [0.29, 0.717) is 5.11 Å². The number of carbonyl (C=O) groups excluding carboxylic acids is 1. The smallest absolute Gasteiger partial charge is 0.273 e. The number of quaternary nitrogens is 1. The summed E-state index contributed by atoms with van der Waals surface area (Å²) in [5, 5.41) is 13.0. The van der Waals surface area contributed by atoms with Crippen molar-refractivity contribution in [2.45, 2.75) is 6.42 Å². The first-order valence-electron chi connectivity index (χ1n) is 7.70. The molecule has 0 radical (unpaired) electrons. The van der Waals surface area contributed by atoms with Crippen LogP contribution in [0.1, 0.15) is 16.8 Å². The molecular formula is C15H23N4O3S+. The van der Waals surface area contributed by atoms with Crippen molar-refractivity contribution in [1.29, 1.82) is 0 Å². The van der Waals surface area contributed by atoms with Crippen molar-refractivity contribution in [3.05, 3.63) is 29.8 Å². The quantitative estimate of drug-likeness (QED) is 0.263. The van der Waals surface area contributed by atoms with Gasteiger partial charge in [-0.25, -0.2) is 0 Å². The minimum absolute atomic E-state index is 0.0702. The number of morpholine rings is 1.